The number of likely N-dealkylation sites (tertiary alicyclic amines) is 1. The van der Waals surface area contributed by atoms with Gasteiger partial charge in [-0.3, -0.25) is 9.69 Å². The number of hydrogen-bond donors (Lipinski definition) is 0. The van der Waals surface area contributed by atoms with Crippen molar-refractivity contribution in [1.29, 1.82) is 0 Å². The number of carbonyl (C=O) groups excluding carboxylic acids is 1. The summed E-state index contributed by atoms with van der Waals surface area (Å²) in [7, 11) is 1.60. The first-order valence-corrected chi connectivity index (χ1v) is 10.9. The van der Waals surface area contributed by atoms with Crippen LogP contribution in [0, 0.1) is 5.92 Å². The van der Waals surface area contributed by atoms with Crippen LogP contribution < -0.4 is 0 Å². The first kappa shape index (κ1) is 19.9. The summed E-state index contributed by atoms with van der Waals surface area (Å²) in [6, 6.07) is 9.55. The van der Waals surface area contributed by atoms with Gasteiger partial charge in [0.05, 0.1) is 6.10 Å². The number of carbonyl (C=O) groups is 1. The Balaban J connectivity index is 1.28. The van der Waals surface area contributed by atoms with Crippen LogP contribution in [0.15, 0.2) is 24.3 Å². The van der Waals surface area contributed by atoms with Crippen LogP contribution in [0.3, 0.4) is 0 Å². The number of amides is 1. The molecule has 154 valence electrons. The number of hydrogen-bond acceptors (Lipinski definition) is 4. The number of piperidine rings is 1. The molecular weight excluding hydrogens is 352 g/mol. The summed E-state index contributed by atoms with van der Waals surface area (Å²) in [6.45, 7) is 4.87. The van der Waals surface area contributed by atoms with E-state index in [1.807, 2.05) is 4.90 Å². The monoisotopic (exact) mass is 386 g/mol. The van der Waals surface area contributed by atoms with Gasteiger partial charge in [-0.15, -0.1) is 0 Å². The van der Waals surface area contributed by atoms with Crippen molar-refractivity contribution in [1.82, 2.24) is 9.80 Å². The Labute approximate surface area is 169 Å². The average Bonchev–Trinajstić information content (AvgIpc) is 3.37. The molecule has 1 aromatic carbocycles. The second-order valence-corrected chi connectivity index (χ2v) is 8.68. The number of fused-ring (bicyclic) bond motifs is 1. The molecule has 0 N–H and O–H groups in total. The van der Waals surface area contributed by atoms with E-state index >= 15 is 0 Å². The number of ether oxygens (including phenoxy) is 2. The lowest BCUT2D eigenvalue weighted by Gasteiger charge is -2.38. The number of methoxy groups -OCH3 is 1. The van der Waals surface area contributed by atoms with E-state index in [-0.39, 0.29) is 18.6 Å². The first-order valence-electron chi connectivity index (χ1n) is 10.9. The fraction of sp³-hybridized carbons (Fsp3) is 0.696. The second-order valence-electron chi connectivity index (χ2n) is 8.68. The van der Waals surface area contributed by atoms with Crippen LogP contribution in [-0.2, 0) is 27.1 Å². The van der Waals surface area contributed by atoms with Gasteiger partial charge < -0.3 is 14.4 Å². The SMILES string of the molecule is COCC(=O)N(CC1CCN(C2Cc3ccccc3C2)CC1)C[C@@H]1CCCO1. The van der Waals surface area contributed by atoms with Crippen molar-refractivity contribution in [3.63, 3.8) is 0 Å². The Morgan fingerprint density at radius 1 is 1.14 bits per heavy atom. The molecule has 0 saturated carbocycles. The molecule has 1 amide bonds. The van der Waals surface area contributed by atoms with E-state index in [0.29, 0.717) is 12.0 Å². The van der Waals surface area contributed by atoms with Gasteiger partial charge in [-0.2, -0.15) is 0 Å². The van der Waals surface area contributed by atoms with Crippen LogP contribution in [0.4, 0.5) is 0 Å². The first-order chi connectivity index (χ1) is 13.7. The Morgan fingerprint density at radius 3 is 2.46 bits per heavy atom. The van der Waals surface area contributed by atoms with E-state index in [1.165, 1.54) is 36.8 Å². The molecule has 0 radical (unpaired) electrons. The molecule has 5 nitrogen and oxygen atoms in total. The summed E-state index contributed by atoms with van der Waals surface area (Å²) in [5.41, 5.74) is 3.06. The fourth-order valence-electron chi connectivity index (χ4n) is 5.13. The predicted molar refractivity (Wildman–Crippen MR) is 109 cm³/mol. The lowest BCUT2D eigenvalue weighted by molar-refractivity contribution is -0.137. The van der Waals surface area contributed by atoms with Crippen molar-refractivity contribution in [2.45, 2.75) is 50.7 Å². The molecule has 0 spiro atoms. The Bertz CT molecular complexity index is 626. The van der Waals surface area contributed by atoms with E-state index in [1.54, 1.807) is 7.11 Å². The van der Waals surface area contributed by atoms with Crippen LogP contribution in [0.2, 0.25) is 0 Å². The molecule has 2 saturated heterocycles. The molecule has 28 heavy (non-hydrogen) atoms. The van der Waals surface area contributed by atoms with Gasteiger partial charge in [-0.25, -0.2) is 0 Å². The average molecular weight is 387 g/mol. The third kappa shape index (κ3) is 4.76. The molecule has 4 rings (SSSR count). The molecule has 1 aromatic rings. The summed E-state index contributed by atoms with van der Waals surface area (Å²) < 4.78 is 10.9. The van der Waals surface area contributed by atoms with Gasteiger partial charge in [-0.1, -0.05) is 24.3 Å². The highest BCUT2D eigenvalue weighted by atomic mass is 16.5. The molecule has 0 aromatic heterocycles. The minimum Gasteiger partial charge on any atom is -0.376 e. The van der Waals surface area contributed by atoms with E-state index < -0.39 is 0 Å². The summed E-state index contributed by atoms with van der Waals surface area (Å²) >= 11 is 0. The summed E-state index contributed by atoms with van der Waals surface area (Å²) in [5, 5.41) is 0. The van der Waals surface area contributed by atoms with Gasteiger partial charge in [0.15, 0.2) is 0 Å². The van der Waals surface area contributed by atoms with Crippen LogP contribution in [0.25, 0.3) is 0 Å². The molecule has 5 heteroatoms. The van der Waals surface area contributed by atoms with Gasteiger partial charge in [-0.05, 0) is 68.7 Å². The molecule has 2 heterocycles. The van der Waals surface area contributed by atoms with E-state index in [9.17, 15) is 4.79 Å². The third-order valence-electron chi connectivity index (χ3n) is 6.74. The molecule has 2 fully saturated rings. The van der Waals surface area contributed by atoms with Gasteiger partial charge in [0, 0.05) is 32.8 Å². The standard InChI is InChI=1S/C23H34N2O3/c1-27-17-23(26)25(16-22-7-4-12-28-22)15-18-8-10-24(11-9-18)21-13-19-5-2-3-6-20(19)14-21/h2-3,5-6,18,21-22H,4,7-17H2,1H3/t22-/m0/s1. The van der Waals surface area contributed by atoms with Crippen molar-refractivity contribution in [2.24, 2.45) is 5.92 Å². The van der Waals surface area contributed by atoms with Crippen LogP contribution in [-0.4, -0.2) is 74.4 Å². The highest BCUT2D eigenvalue weighted by Crippen LogP contribution is 2.29. The predicted octanol–water partition coefficient (Wildman–Crippen LogP) is 2.52. The van der Waals surface area contributed by atoms with Crippen LogP contribution >= 0.6 is 0 Å². The Hall–Kier alpha value is -1.43. The second kappa shape index (κ2) is 9.38. The fourth-order valence-corrected chi connectivity index (χ4v) is 5.13. The highest BCUT2D eigenvalue weighted by molar-refractivity contribution is 5.77. The van der Waals surface area contributed by atoms with E-state index in [2.05, 4.69) is 29.2 Å². The van der Waals surface area contributed by atoms with E-state index in [4.69, 9.17) is 9.47 Å². The van der Waals surface area contributed by atoms with Crippen LogP contribution in [0.5, 0.6) is 0 Å². The summed E-state index contributed by atoms with van der Waals surface area (Å²) in [4.78, 5) is 17.2. The smallest absolute Gasteiger partial charge is 0.248 e. The topological polar surface area (TPSA) is 42.0 Å². The number of benzene rings is 1. The lowest BCUT2D eigenvalue weighted by Crippen LogP contribution is -2.47. The zero-order valence-electron chi connectivity index (χ0n) is 17.1. The highest BCUT2D eigenvalue weighted by Gasteiger charge is 2.31. The van der Waals surface area contributed by atoms with E-state index in [0.717, 1.165) is 45.6 Å². The molecule has 0 unspecified atom stereocenters. The molecule has 1 atom stereocenters. The summed E-state index contributed by atoms with van der Waals surface area (Å²) in [6.07, 6.45) is 7.12. The van der Waals surface area contributed by atoms with Gasteiger partial charge in [0.2, 0.25) is 5.91 Å². The summed E-state index contributed by atoms with van der Waals surface area (Å²) in [5.74, 6) is 0.689. The Morgan fingerprint density at radius 2 is 1.86 bits per heavy atom. The molecule has 0 bridgehead atoms. The molecular formula is C23H34N2O3. The number of nitrogens with zero attached hydrogens (tertiary/aromatic N) is 2. The van der Waals surface area contributed by atoms with Gasteiger partial charge >= 0.3 is 0 Å². The van der Waals surface area contributed by atoms with Gasteiger partial charge in [0.1, 0.15) is 6.61 Å². The Kier molecular flexibility index (Phi) is 6.65. The quantitative estimate of drug-likeness (QED) is 0.722. The third-order valence-corrected chi connectivity index (χ3v) is 6.74. The molecule has 1 aliphatic carbocycles. The maximum absolute atomic E-state index is 12.5. The minimum absolute atomic E-state index is 0.103. The molecule has 2 aliphatic heterocycles. The van der Waals surface area contributed by atoms with Crippen LogP contribution in [0.1, 0.15) is 36.8 Å². The zero-order valence-corrected chi connectivity index (χ0v) is 17.1. The molecule has 3 aliphatic rings. The van der Waals surface area contributed by atoms with Crippen molar-refractivity contribution in [3.05, 3.63) is 35.4 Å². The van der Waals surface area contributed by atoms with Crippen molar-refractivity contribution < 1.29 is 14.3 Å². The lowest BCUT2D eigenvalue weighted by atomic mass is 9.94. The normalized spacial score (nSPS) is 23.8. The largest absolute Gasteiger partial charge is 0.376 e. The zero-order chi connectivity index (χ0) is 19.3. The van der Waals surface area contributed by atoms with Crippen molar-refractivity contribution in [3.8, 4) is 0 Å². The van der Waals surface area contributed by atoms with Crippen molar-refractivity contribution in [2.75, 3.05) is 46.5 Å². The maximum Gasteiger partial charge on any atom is 0.248 e. The van der Waals surface area contributed by atoms with Gasteiger partial charge in [0.25, 0.3) is 0 Å². The van der Waals surface area contributed by atoms with Crippen molar-refractivity contribution >= 4 is 5.91 Å². The minimum atomic E-state index is 0.103. The maximum atomic E-state index is 12.5. The number of rotatable bonds is 7.